The van der Waals surface area contributed by atoms with E-state index < -0.39 is 91.0 Å². The van der Waals surface area contributed by atoms with Crippen LogP contribution in [0.4, 0.5) is 0 Å². The predicted molar refractivity (Wildman–Crippen MR) is 205 cm³/mol. The van der Waals surface area contributed by atoms with Crippen LogP contribution in [-0.2, 0) is 39.9 Å². The Balaban J connectivity index is 2.48. The zero-order chi connectivity index (χ0) is 40.2. The highest BCUT2D eigenvalue weighted by Crippen LogP contribution is 2.22. The molecule has 0 radical (unpaired) electrons. The van der Waals surface area contributed by atoms with Crippen molar-refractivity contribution in [2.75, 3.05) is 20.2 Å². The number of hydrogen-bond acceptors (Lipinski definition) is 9. The van der Waals surface area contributed by atoms with Gasteiger partial charge in [0, 0.05) is 7.05 Å². The Hall–Kier alpha value is -4.04. The lowest BCUT2D eigenvalue weighted by Crippen LogP contribution is -2.60. The summed E-state index contributed by atoms with van der Waals surface area (Å²) in [6.07, 6.45) is 7.22. The standard InChI is InChI=1S/C40H65N5O9/c1-7-8-9-10-11-12-13-17-20-33-27(4)40(53)45(6)32(23-26(2)3)38(51)42-30(22-21-29-18-15-14-16-19-29)36(49)43-31(25-46)37(50)44-35(28(5)47)39(52)41-24-34(48)54-33/h14-16,18-19,26-28,30-33,35,46-47H,7-13,17,20-25H2,1-6H3,(H,41,52)(H,42,51)(H,43,49)(H,44,50)/t27-,28+,30+,31+,32+,33-,35+/m1/s1. The van der Waals surface area contributed by atoms with E-state index in [9.17, 15) is 39.0 Å². The molecule has 0 aliphatic carbocycles. The highest BCUT2D eigenvalue weighted by Gasteiger charge is 2.37. The molecule has 1 heterocycles. The number of carbonyl (C=O) groups is 6. The maximum absolute atomic E-state index is 14.1. The smallest absolute Gasteiger partial charge is 0.325 e. The molecule has 0 saturated carbocycles. The molecule has 1 fully saturated rings. The van der Waals surface area contributed by atoms with Gasteiger partial charge < -0.3 is 41.1 Å². The third-order valence-corrected chi connectivity index (χ3v) is 9.87. The first-order valence-corrected chi connectivity index (χ1v) is 19.7. The molecule has 2 rings (SSSR count). The number of nitrogens with one attached hydrogen (secondary N) is 4. The number of benzene rings is 1. The van der Waals surface area contributed by atoms with Gasteiger partial charge in [-0.3, -0.25) is 28.8 Å². The van der Waals surface area contributed by atoms with Crippen LogP contribution in [0.25, 0.3) is 0 Å². The molecule has 0 spiro atoms. The van der Waals surface area contributed by atoms with Gasteiger partial charge in [0.1, 0.15) is 36.8 Å². The van der Waals surface area contributed by atoms with E-state index in [0.717, 1.165) is 37.7 Å². The molecule has 0 unspecified atom stereocenters. The number of aryl methyl sites for hydroxylation is 1. The minimum Gasteiger partial charge on any atom is -0.460 e. The van der Waals surface area contributed by atoms with Crippen molar-refractivity contribution in [3.63, 3.8) is 0 Å². The summed E-state index contributed by atoms with van der Waals surface area (Å²) in [5, 5.41) is 30.5. The second-order valence-corrected chi connectivity index (χ2v) is 14.9. The molecule has 1 aromatic carbocycles. The van der Waals surface area contributed by atoms with Gasteiger partial charge in [-0.05, 0) is 50.5 Å². The molecule has 0 bridgehead atoms. The predicted octanol–water partition coefficient (Wildman–Crippen LogP) is 2.53. The monoisotopic (exact) mass is 759 g/mol. The van der Waals surface area contributed by atoms with Crippen molar-refractivity contribution in [2.24, 2.45) is 11.8 Å². The Morgan fingerprint density at radius 3 is 1.98 bits per heavy atom. The fraction of sp³-hybridized carbons (Fsp3) is 0.700. The van der Waals surface area contributed by atoms with Crippen LogP contribution in [-0.4, -0.2) is 107 Å². The third kappa shape index (κ3) is 15.7. The van der Waals surface area contributed by atoms with E-state index in [0.29, 0.717) is 19.3 Å². The summed E-state index contributed by atoms with van der Waals surface area (Å²) in [4.78, 5) is 82.8. The van der Waals surface area contributed by atoms with Crippen LogP contribution in [0.2, 0.25) is 0 Å². The van der Waals surface area contributed by atoms with E-state index in [4.69, 9.17) is 4.74 Å². The van der Waals surface area contributed by atoms with Gasteiger partial charge in [-0.15, -0.1) is 0 Å². The minimum atomic E-state index is -1.55. The molecule has 1 saturated heterocycles. The summed E-state index contributed by atoms with van der Waals surface area (Å²) in [5.74, 6) is -5.33. The molecule has 14 nitrogen and oxygen atoms in total. The number of nitrogens with zero attached hydrogens (tertiary/aromatic N) is 1. The van der Waals surface area contributed by atoms with Gasteiger partial charge in [-0.25, -0.2) is 0 Å². The number of esters is 1. The topological polar surface area (TPSA) is 203 Å². The van der Waals surface area contributed by atoms with E-state index in [2.05, 4.69) is 28.2 Å². The lowest BCUT2D eigenvalue weighted by atomic mass is 9.94. The Kier molecular flexibility index (Phi) is 20.8. The Bertz CT molecular complexity index is 1340. The number of ether oxygens (including phenoxy) is 1. The van der Waals surface area contributed by atoms with E-state index >= 15 is 0 Å². The molecule has 304 valence electrons. The highest BCUT2D eigenvalue weighted by molar-refractivity contribution is 5.96. The molecular formula is C40H65N5O9. The lowest BCUT2D eigenvalue weighted by Gasteiger charge is -2.34. The number of amides is 5. The summed E-state index contributed by atoms with van der Waals surface area (Å²) in [5.41, 5.74) is 0.897. The number of likely N-dealkylation sites (N-methyl/N-ethyl adjacent to an activating group) is 1. The SMILES string of the molecule is CCCCCCCCCC[C@H]1OC(=O)CNC(=O)[C@H]([C@H](C)O)NC(=O)[C@H](CO)NC(=O)[C@H](CCc2ccccc2)NC(=O)[C@H](CC(C)C)N(C)C(=O)[C@@H]1C. The van der Waals surface area contributed by atoms with Crippen molar-refractivity contribution >= 4 is 35.5 Å². The second kappa shape index (κ2) is 24.4. The van der Waals surface area contributed by atoms with Crippen molar-refractivity contribution in [1.29, 1.82) is 0 Å². The number of rotatable bonds is 16. The number of aliphatic hydroxyl groups excluding tert-OH is 2. The van der Waals surface area contributed by atoms with Crippen molar-refractivity contribution in [1.82, 2.24) is 26.2 Å². The van der Waals surface area contributed by atoms with Crippen molar-refractivity contribution in [3.8, 4) is 0 Å². The van der Waals surface area contributed by atoms with Crippen LogP contribution in [0.1, 0.15) is 111 Å². The van der Waals surface area contributed by atoms with Crippen LogP contribution < -0.4 is 21.3 Å². The van der Waals surface area contributed by atoms with Gasteiger partial charge in [-0.1, -0.05) is 103 Å². The Morgan fingerprint density at radius 1 is 0.796 bits per heavy atom. The third-order valence-electron chi connectivity index (χ3n) is 9.87. The number of cyclic esters (lactones) is 1. The van der Waals surface area contributed by atoms with Gasteiger partial charge in [-0.2, -0.15) is 0 Å². The fourth-order valence-electron chi connectivity index (χ4n) is 6.51. The quantitative estimate of drug-likeness (QED) is 0.108. The first-order chi connectivity index (χ1) is 25.7. The molecule has 7 atom stereocenters. The van der Waals surface area contributed by atoms with Gasteiger partial charge in [0.2, 0.25) is 29.5 Å². The average molecular weight is 760 g/mol. The Labute approximate surface area is 320 Å². The fourth-order valence-corrected chi connectivity index (χ4v) is 6.51. The van der Waals surface area contributed by atoms with Crippen LogP contribution in [0.3, 0.4) is 0 Å². The van der Waals surface area contributed by atoms with Crippen LogP contribution in [0, 0.1) is 11.8 Å². The first-order valence-electron chi connectivity index (χ1n) is 19.7. The molecule has 14 heteroatoms. The normalized spacial score (nSPS) is 24.7. The van der Waals surface area contributed by atoms with E-state index in [1.807, 2.05) is 44.2 Å². The zero-order valence-corrected chi connectivity index (χ0v) is 33.1. The Morgan fingerprint density at radius 2 is 1.39 bits per heavy atom. The van der Waals surface area contributed by atoms with Crippen molar-refractivity contribution < 1.29 is 43.7 Å². The van der Waals surface area contributed by atoms with Gasteiger partial charge in [0.05, 0.1) is 18.6 Å². The van der Waals surface area contributed by atoms with Crippen LogP contribution in [0.15, 0.2) is 30.3 Å². The number of unbranched alkanes of at least 4 members (excludes halogenated alkanes) is 7. The molecule has 6 N–H and O–H groups in total. The maximum atomic E-state index is 14.1. The summed E-state index contributed by atoms with van der Waals surface area (Å²) >= 11 is 0. The highest BCUT2D eigenvalue weighted by atomic mass is 16.5. The van der Waals surface area contributed by atoms with E-state index in [1.54, 1.807) is 6.92 Å². The summed E-state index contributed by atoms with van der Waals surface area (Å²) in [7, 11) is 1.52. The minimum absolute atomic E-state index is 0.0246. The summed E-state index contributed by atoms with van der Waals surface area (Å²) < 4.78 is 5.82. The summed E-state index contributed by atoms with van der Waals surface area (Å²) in [6.45, 7) is 7.44. The van der Waals surface area contributed by atoms with Gasteiger partial charge in [0.25, 0.3) is 0 Å². The van der Waals surface area contributed by atoms with Crippen LogP contribution >= 0.6 is 0 Å². The summed E-state index contributed by atoms with van der Waals surface area (Å²) in [6, 6.07) is 4.03. The molecule has 1 aliphatic rings. The maximum Gasteiger partial charge on any atom is 0.325 e. The molecule has 54 heavy (non-hydrogen) atoms. The molecular weight excluding hydrogens is 694 g/mol. The van der Waals surface area contributed by atoms with E-state index in [1.165, 1.54) is 31.7 Å². The lowest BCUT2D eigenvalue weighted by molar-refractivity contribution is -0.157. The molecule has 5 amide bonds. The molecule has 1 aromatic rings. The van der Waals surface area contributed by atoms with Crippen molar-refractivity contribution in [2.45, 2.75) is 148 Å². The number of aliphatic hydroxyl groups is 2. The largest absolute Gasteiger partial charge is 0.460 e. The number of carbonyl (C=O) groups excluding carboxylic acids is 6. The first kappa shape index (κ1) is 46.1. The zero-order valence-electron chi connectivity index (χ0n) is 33.1. The number of hydrogen-bond donors (Lipinski definition) is 6. The van der Waals surface area contributed by atoms with Crippen molar-refractivity contribution in [3.05, 3.63) is 35.9 Å². The van der Waals surface area contributed by atoms with E-state index in [-0.39, 0.29) is 18.8 Å². The second-order valence-electron chi connectivity index (χ2n) is 14.9. The average Bonchev–Trinajstić information content (AvgIpc) is 3.14. The van der Waals surface area contributed by atoms with Crippen LogP contribution in [0.5, 0.6) is 0 Å². The van der Waals surface area contributed by atoms with Gasteiger partial charge in [0.15, 0.2) is 0 Å². The van der Waals surface area contributed by atoms with Gasteiger partial charge >= 0.3 is 5.97 Å². The molecule has 1 aliphatic heterocycles. The molecule has 0 aromatic heterocycles.